The highest BCUT2D eigenvalue weighted by Crippen LogP contribution is 2.14. The SMILES string of the molecule is CCCCCCCCCCCCCCCCCC[SiH](C)C.CNC. The smallest absolute Gasteiger partial charge is 0.0305 e. The fraction of sp³-hybridized carbons (Fsp3) is 1.00. The standard InChI is InChI=1S/C20H44Si.C2H7N/c1-4-5-6-7-8-9-10-11-12-13-14-15-16-17-18-19-20-21(2)3;1-3-2/h21H,4-20H2,1-3H3;3H,1-2H3. The molecule has 0 aromatic rings. The van der Waals surface area contributed by atoms with Crippen molar-refractivity contribution >= 4 is 8.80 Å². The normalized spacial score (nSPS) is 10.8. The van der Waals surface area contributed by atoms with Crippen molar-refractivity contribution in [2.24, 2.45) is 0 Å². The van der Waals surface area contributed by atoms with E-state index in [1.165, 1.54) is 103 Å². The topological polar surface area (TPSA) is 12.0 Å². The van der Waals surface area contributed by atoms with Gasteiger partial charge in [0.05, 0.1) is 0 Å². The molecule has 0 bridgehead atoms. The van der Waals surface area contributed by atoms with E-state index in [4.69, 9.17) is 0 Å². The number of rotatable bonds is 17. The van der Waals surface area contributed by atoms with Crippen LogP contribution < -0.4 is 5.32 Å². The number of nitrogens with one attached hydrogen (secondary N) is 1. The zero-order valence-corrected chi connectivity index (χ0v) is 19.3. The summed E-state index contributed by atoms with van der Waals surface area (Å²) in [5, 5.41) is 2.75. The van der Waals surface area contributed by atoms with Gasteiger partial charge in [-0.1, -0.05) is 129 Å². The molecule has 24 heavy (non-hydrogen) atoms. The highest BCUT2D eigenvalue weighted by Gasteiger charge is 1.96. The van der Waals surface area contributed by atoms with Crippen molar-refractivity contribution in [3.05, 3.63) is 0 Å². The fourth-order valence-corrected chi connectivity index (χ4v) is 4.21. The first-order chi connectivity index (χ1) is 11.7. The van der Waals surface area contributed by atoms with E-state index in [0.29, 0.717) is 0 Å². The fourth-order valence-electron chi connectivity index (χ4n) is 3.10. The Balaban J connectivity index is 0. The Morgan fingerprint density at radius 1 is 0.500 bits per heavy atom. The van der Waals surface area contributed by atoms with Crippen LogP contribution in [0.5, 0.6) is 0 Å². The van der Waals surface area contributed by atoms with Crippen molar-refractivity contribution in [2.45, 2.75) is 129 Å². The van der Waals surface area contributed by atoms with Gasteiger partial charge in [0, 0.05) is 8.80 Å². The quantitative estimate of drug-likeness (QED) is 0.209. The van der Waals surface area contributed by atoms with Gasteiger partial charge in [-0.2, -0.15) is 0 Å². The summed E-state index contributed by atoms with van der Waals surface area (Å²) in [5.41, 5.74) is 0. The third kappa shape index (κ3) is 30.1. The monoisotopic (exact) mass is 357 g/mol. The Hall–Kier alpha value is 0.177. The average molecular weight is 358 g/mol. The molecule has 0 spiro atoms. The zero-order valence-electron chi connectivity index (χ0n) is 18.1. The first kappa shape index (κ1) is 26.4. The highest BCUT2D eigenvalue weighted by atomic mass is 28.3. The van der Waals surface area contributed by atoms with Crippen LogP contribution in [0.25, 0.3) is 0 Å². The summed E-state index contributed by atoms with van der Waals surface area (Å²) in [7, 11) is 3.49. The predicted molar refractivity (Wildman–Crippen MR) is 118 cm³/mol. The summed E-state index contributed by atoms with van der Waals surface area (Å²) in [6.45, 7) is 7.25. The van der Waals surface area contributed by atoms with Crippen LogP contribution in [0.2, 0.25) is 19.1 Å². The van der Waals surface area contributed by atoms with Gasteiger partial charge in [0.1, 0.15) is 0 Å². The van der Waals surface area contributed by atoms with Gasteiger partial charge in [-0.15, -0.1) is 0 Å². The molecule has 2 heteroatoms. The van der Waals surface area contributed by atoms with Gasteiger partial charge in [-0.3, -0.25) is 0 Å². The van der Waals surface area contributed by atoms with E-state index in [0.717, 1.165) is 0 Å². The summed E-state index contributed by atoms with van der Waals surface area (Å²) in [5.74, 6) is 0. The maximum absolute atomic E-state index is 2.75. The highest BCUT2D eigenvalue weighted by molar-refractivity contribution is 6.55. The lowest BCUT2D eigenvalue weighted by molar-refractivity contribution is 0.531. The summed E-state index contributed by atoms with van der Waals surface area (Å²) in [4.78, 5) is 0. The predicted octanol–water partition coefficient (Wildman–Crippen LogP) is 7.57. The van der Waals surface area contributed by atoms with Gasteiger partial charge < -0.3 is 5.32 Å². The van der Waals surface area contributed by atoms with Crippen LogP contribution >= 0.6 is 0 Å². The molecular weight excluding hydrogens is 306 g/mol. The molecule has 1 nitrogen and oxygen atoms in total. The Bertz CT molecular complexity index is 194. The Morgan fingerprint density at radius 3 is 1.00 bits per heavy atom. The molecule has 0 unspecified atom stereocenters. The maximum Gasteiger partial charge on any atom is 0.0305 e. The van der Waals surface area contributed by atoms with Crippen molar-refractivity contribution in [1.82, 2.24) is 5.32 Å². The van der Waals surface area contributed by atoms with Gasteiger partial charge in [-0.25, -0.2) is 0 Å². The molecule has 0 aliphatic heterocycles. The lowest BCUT2D eigenvalue weighted by Crippen LogP contribution is -1.97. The van der Waals surface area contributed by atoms with E-state index < -0.39 is 0 Å². The second-order valence-corrected chi connectivity index (χ2v) is 11.4. The lowest BCUT2D eigenvalue weighted by Gasteiger charge is -2.04. The first-order valence-corrected chi connectivity index (χ1v) is 14.4. The van der Waals surface area contributed by atoms with Gasteiger partial charge in [-0.05, 0) is 14.1 Å². The van der Waals surface area contributed by atoms with Crippen molar-refractivity contribution in [3.8, 4) is 0 Å². The van der Waals surface area contributed by atoms with Gasteiger partial charge in [0.2, 0.25) is 0 Å². The van der Waals surface area contributed by atoms with Crippen LogP contribution in [0.4, 0.5) is 0 Å². The average Bonchev–Trinajstić information content (AvgIpc) is 2.55. The molecule has 148 valence electrons. The van der Waals surface area contributed by atoms with Crippen LogP contribution in [0.3, 0.4) is 0 Å². The van der Waals surface area contributed by atoms with Crippen molar-refractivity contribution < 1.29 is 0 Å². The molecule has 0 heterocycles. The first-order valence-electron chi connectivity index (χ1n) is 11.3. The summed E-state index contributed by atoms with van der Waals surface area (Å²) >= 11 is 0. The minimum Gasteiger partial charge on any atom is -0.323 e. The third-order valence-corrected chi connectivity index (χ3v) is 6.20. The van der Waals surface area contributed by atoms with Crippen LogP contribution in [-0.2, 0) is 0 Å². The maximum atomic E-state index is 2.75. The molecule has 0 aromatic carbocycles. The molecule has 0 aliphatic rings. The summed E-state index contributed by atoms with van der Waals surface area (Å²) in [6.07, 6.45) is 23.7. The van der Waals surface area contributed by atoms with Gasteiger partial charge >= 0.3 is 0 Å². The molecule has 0 aliphatic carbocycles. The molecule has 0 saturated heterocycles. The third-order valence-electron chi connectivity index (χ3n) is 4.64. The zero-order chi connectivity index (χ0) is 18.3. The van der Waals surface area contributed by atoms with Crippen molar-refractivity contribution in [3.63, 3.8) is 0 Å². The molecule has 0 saturated carbocycles. The van der Waals surface area contributed by atoms with E-state index in [-0.39, 0.29) is 8.80 Å². The second-order valence-electron chi connectivity index (χ2n) is 7.99. The van der Waals surface area contributed by atoms with Gasteiger partial charge in [0.15, 0.2) is 0 Å². The molecule has 0 rings (SSSR count). The van der Waals surface area contributed by atoms with E-state index in [1.54, 1.807) is 6.04 Å². The summed E-state index contributed by atoms with van der Waals surface area (Å²) < 4.78 is 0. The van der Waals surface area contributed by atoms with Crippen LogP contribution in [0.1, 0.15) is 110 Å². The number of hydrogen-bond donors (Lipinski definition) is 1. The Morgan fingerprint density at radius 2 is 0.750 bits per heavy atom. The van der Waals surface area contributed by atoms with Gasteiger partial charge in [0.25, 0.3) is 0 Å². The van der Waals surface area contributed by atoms with E-state index >= 15 is 0 Å². The van der Waals surface area contributed by atoms with Crippen LogP contribution in [0, 0.1) is 0 Å². The Labute approximate surface area is 157 Å². The molecule has 0 aromatic heterocycles. The Kier molecular flexibility index (Phi) is 28.0. The van der Waals surface area contributed by atoms with Crippen molar-refractivity contribution in [1.29, 1.82) is 0 Å². The number of hydrogen-bond acceptors (Lipinski definition) is 1. The molecule has 0 radical (unpaired) electrons. The minimum atomic E-state index is -0.263. The second kappa shape index (κ2) is 25.4. The minimum absolute atomic E-state index is 0.263. The molecule has 0 atom stereocenters. The van der Waals surface area contributed by atoms with E-state index in [9.17, 15) is 0 Å². The largest absolute Gasteiger partial charge is 0.323 e. The lowest BCUT2D eigenvalue weighted by atomic mass is 10.0. The van der Waals surface area contributed by atoms with E-state index in [2.05, 4.69) is 25.3 Å². The molecule has 0 fully saturated rings. The summed E-state index contributed by atoms with van der Waals surface area (Å²) in [6, 6.07) is 1.57. The van der Waals surface area contributed by atoms with E-state index in [1.807, 2.05) is 14.1 Å². The number of unbranched alkanes of at least 4 members (excludes halogenated alkanes) is 15. The van der Waals surface area contributed by atoms with Crippen LogP contribution in [-0.4, -0.2) is 22.9 Å². The van der Waals surface area contributed by atoms with Crippen molar-refractivity contribution in [2.75, 3.05) is 14.1 Å². The molecule has 0 amide bonds. The molecular formula is C22H51NSi. The van der Waals surface area contributed by atoms with Crippen LogP contribution in [0.15, 0.2) is 0 Å². The molecule has 1 N–H and O–H groups in total.